The molecule has 0 aliphatic carbocycles. The molecule has 0 unspecified atom stereocenters. The molecule has 0 aromatic carbocycles. The highest BCUT2D eigenvalue weighted by molar-refractivity contribution is 4.69. The van der Waals surface area contributed by atoms with E-state index in [9.17, 15) is 0 Å². The number of ether oxygens (including phenoxy) is 1. The number of nitrogens with one attached hydrogen (secondary N) is 1. The van der Waals surface area contributed by atoms with E-state index in [0.717, 1.165) is 19.7 Å². The molecule has 0 amide bonds. The van der Waals surface area contributed by atoms with Crippen LogP contribution >= 0.6 is 0 Å². The zero-order valence-corrected chi connectivity index (χ0v) is 9.72. The number of unbranched alkanes of at least 4 members (excludes halogenated alkanes) is 3. The van der Waals surface area contributed by atoms with Gasteiger partial charge in [0.1, 0.15) is 0 Å². The van der Waals surface area contributed by atoms with E-state index in [1.165, 1.54) is 25.7 Å². The second-order valence-electron chi connectivity index (χ2n) is 3.83. The van der Waals surface area contributed by atoms with Gasteiger partial charge in [0.25, 0.3) is 0 Å². The van der Waals surface area contributed by atoms with E-state index in [2.05, 4.69) is 25.7 Å². The van der Waals surface area contributed by atoms with Crippen LogP contribution in [0.15, 0.2) is 12.7 Å². The monoisotopic (exact) mass is 199 g/mol. The highest BCUT2D eigenvalue weighted by Gasteiger charge is 1.93. The van der Waals surface area contributed by atoms with E-state index in [1.807, 2.05) is 6.08 Å². The molecule has 14 heavy (non-hydrogen) atoms. The molecular weight excluding hydrogens is 174 g/mol. The summed E-state index contributed by atoms with van der Waals surface area (Å²) in [6.45, 7) is 10.8. The number of rotatable bonds is 10. The Balaban J connectivity index is 2.88. The lowest BCUT2D eigenvalue weighted by Gasteiger charge is -2.06. The van der Waals surface area contributed by atoms with E-state index in [-0.39, 0.29) is 0 Å². The summed E-state index contributed by atoms with van der Waals surface area (Å²) in [7, 11) is 0. The van der Waals surface area contributed by atoms with Crippen molar-refractivity contribution < 1.29 is 4.74 Å². The highest BCUT2D eigenvalue weighted by Crippen LogP contribution is 2.00. The third-order valence-corrected chi connectivity index (χ3v) is 1.99. The van der Waals surface area contributed by atoms with Crippen LogP contribution in [0, 0.1) is 0 Å². The summed E-state index contributed by atoms with van der Waals surface area (Å²) >= 11 is 0. The van der Waals surface area contributed by atoms with Gasteiger partial charge in [-0.15, -0.1) is 6.58 Å². The van der Waals surface area contributed by atoms with Crippen molar-refractivity contribution in [1.82, 2.24) is 5.32 Å². The van der Waals surface area contributed by atoms with Crippen molar-refractivity contribution in [2.45, 2.75) is 45.6 Å². The third kappa shape index (κ3) is 11.7. The van der Waals surface area contributed by atoms with Gasteiger partial charge in [-0.05, 0) is 33.2 Å². The zero-order valence-electron chi connectivity index (χ0n) is 9.72. The van der Waals surface area contributed by atoms with E-state index in [0.29, 0.717) is 6.10 Å². The predicted octanol–water partition coefficient (Wildman–Crippen LogP) is 2.75. The first-order valence-corrected chi connectivity index (χ1v) is 5.70. The van der Waals surface area contributed by atoms with Crippen LogP contribution < -0.4 is 5.32 Å². The van der Waals surface area contributed by atoms with Gasteiger partial charge in [-0.3, -0.25) is 0 Å². The highest BCUT2D eigenvalue weighted by atomic mass is 16.5. The maximum absolute atomic E-state index is 5.46. The maximum Gasteiger partial charge on any atom is 0.0518 e. The molecule has 0 aromatic heterocycles. The topological polar surface area (TPSA) is 21.3 Å². The van der Waals surface area contributed by atoms with Crippen LogP contribution in [0.25, 0.3) is 0 Å². The van der Waals surface area contributed by atoms with Crippen molar-refractivity contribution in [3.63, 3.8) is 0 Å². The summed E-state index contributed by atoms with van der Waals surface area (Å²) in [4.78, 5) is 0. The summed E-state index contributed by atoms with van der Waals surface area (Å²) in [5, 5.41) is 3.29. The summed E-state index contributed by atoms with van der Waals surface area (Å²) in [6, 6.07) is 0. The van der Waals surface area contributed by atoms with Crippen molar-refractivity contribution in [2.24, 2.45) is 0 Å². The molecule has 0 radical (unpaired) electrons. The van der Waals surface area contributed by atoms with Gasteiger partial charge >= 0.3 is 0 Å². The van der Waals surface area contributed by atoms with Crippen LogP contribution in [0.5, 0.6) is 0 Å². The van der Waals surface area contributed by atoms with Gasteiger partial charge in [-0.25, -0.2) is 0 Å². The Morgan fingerprint density at radius 1 is 1.21 bits per heavy atom. The van der Waals surface area contributed by atoms with Gasteiger partial charge < -0.3 is 10.1 Å². The first-order chi connectivity index (χ1) is 6.77. The normalized spacial score (nSPS) is 10.8. The van der Waals surface area contributed by atoms with Crippen LogP contribution in [0.4, 0.5) is 0 Å². The lowest BCUT2D eigenvalue weighted by atomic mass is 10.2. The molecule has 0 heterocycles. The molecule has 0 fully saturated rings. The van der Waals surface area contributed by atoms with E-state index in [1.54, 1.807) is 0 Å². The lowest BCUT2D eigenvalue weighted by Crippen LogP contribution is -2.14. The summed E-state index contributed by atoms with van der Waals surface area (Å²) in [6.07, 6.45) is 7.31. The minimum absolute atomic E-state index is 0.379. The van der Waals surface area contributed by atoms with E-state index >= 15 is 0 Å². The Kier molecular flexibility index (Phi) is 10.5. The predicted molar refractivity (Wildman–Crippen MR) is 62.6 cm³/mol. The Bertz CT molecular complexity index is 123. The second kappa shape index (κ2) is 10.7. The molecule has 0 saturated carbocycles. The van der Waals surface area contributed by atoms with Crippen LogP contribution in [0.1, 0.15) is 39.5 Å². The quantitative estimate of drug-likeness (QED) is 0.431. The summed E-state index contributed by atoms with van der Waals surface area (Å²) < 4.78 is 5.46. The van der Waals surface area contributed by atoms with Crippen LogP contribution in [0.3, 0.4) is 0 Å². The molecule has 0 rings (SSSR count). The molecular formula is C12H25NO. The Morgan fingerprint density at radius 2 is 1.93 bits per heavy atom. The molecule has 1 N–H and O–H groups in total. The van der Waals surface area contributed by atoms with Crippen molar-refractivity contribution in [2.75, 3.05) is 19.7 Å². The van der Waals surface area contributed by atoms with Crippen molar-refractivity contribution in [3.05, 3.63) is 12.7 Å². The number of hydrogen-bond donors (Lipinski definition) is 1. The molecule has 0 aliphatic rings. The average molecular weight is 199 g/mol. The Hall–Kier alpha value is -0.340. The van der Waals surface area contributed by atoms with Crippen LogP contribution in [-0.2, 0) is 4.74 Å². The van der Waals surface area contributed by atoms with Gasteiger partial charge in [0.05, 0.1) is 6.10 Å². The first-order valence-electron chi connectivity index (χ1n) is 5.70. The lowest BCUT2D eigenvalue weighted by molar-refractivity contribution is 0.0757. The van der Waals surface area contributed by atoms with Crippen molar-refractivity contribution in [3.8, 4) is 0 Å². The van der Waals surface area contributed by atoms with Gasteiger partial charge in [-0.1, -0.05) is 18.9 Å². The molecule has 84 valence electrons. The zero-order chi connectivity index (χ0) is 10.6. The van der Waals surface area contributed by atoms with Gasteiger partial charge in [0.2, 0.25) is 0 Å². The molecule has 2 heteroatoms. The Labute approximate surface area is 88.7 Å². The summed E-state index contributed by atoms with van der Waals surface area (Å²) in [5.74, 6) is 0. The van der Waals surface area contributed by atoms with Crippen LogP contribution in [-0.4, -0.2) is 25.8 Å². The minimum Gasteiger partial charge on any atom is -0.379 e. The standard InChI is InChI=1S/C12H25NO/c1-4-9-13-10-7-5-6-8-11-14-12(2)3/h4,12-13H,1,5-11H2,2-3H3. The first kappa shape index (κ1) is 13.7. The van der Waals surface area contributed by atoms with Gasteiger partial charge in [-0.2, -0.15) is 0 Å². The molecule has 2 nitrogen and oxygen atoms in total. The smallest absolute Gasteiger partial charge is 0.0518 e. The molecule has 0 bridgehead atoms. The van der Waals surface area contributed by atoms with Crippen molar-refractivity contribution >= 4 is 0 Å². The molecule has 0 saturated heterocycles. The molecule has 0 aliphatic heterocycles. The third-order valence-electron chi connectivity index (χ3n) is 1.99. The fraction of sp³-hybridized carbons (Fsp3) is 0.833. The molecule has 0 spiro atoms. The molecule has 0 atom stereocenters. The maximum atomic E-state index is 5.46. The minimum atomic E-state index is 0.379. The number of hydrogen-bond acceptors (Lipinski definition) is 2. The van der Waals surface area contributed by atoms with Crippen molar-refractivity contribution in [1.29, 1.82) is 0 Å². The van der Waals surface area contributed by atoms with Gasteiger partial charge in [0, 0.05) is 13.2 Å². The summed E-state index contributed by atoms with van der Waals surface area (Å²) in [5.41, 5.74) is 0. The largest absolute Gasteiger partial charge is 0.379 e. The van der Waals surface area contributed by atoms with E-state index < -0.39 is 0 Å². The molecule has 0 aromatic rings. The fourth-order valence-electron chi connectivity index (χ4n) is 1.23. The Morgan fingerprint density at radius 3 is 2.57 bits per heavy atom. The van der Waals surface area contributed by atoms with Crippen LogP contribution in [0.2, 0.25) is 0 Å². The van der Waals surface area contributed by atoms with Gasteiger partial charge in [0.15, 0.2) is 0 Å². The second-order valence-corrected chi connectivity index (χ2v) is 3.83. The average Bonchev–Trinajstić information content (AvgIpc) is 2.15. The SMILES string of the molecule is C=CCNCCCCCCOC(C)C. The fourth-order valence-corrected chi connectivity index (χ4v) is 1.23. The van der Waals surface area contributed by atoms with E-state index in [4.69, 9.17) is 4.74 Å².